The van der Waals surface area contributed by atoms with Crippen LogP contribution in [0.1, 0.15) is 12.8 Å². The van der Waals surface area contributed by atoms with E-state index in [1.165, 1.54) is 12.1 Å². The molecule has 2 aromatic rings. The lowest BCUT2D eigenvalue weighted by atomic mass is 10.2. The molecule has 1 N–H and O–H groups in total. The number of halogens is 1. The molecule has 8 nitrogen and oxygen atoms in total. The van der Waals surface area contributed by atoms with Gasteiger partial charge in [-0.3, -0.25) is 4.79 Å². The van der Waals surface area contributed by atoms with E-state index in [1.54, 1.807) is 0 Å². The van der Waals surface area contributed by atoms with Crippen molar-refractivity contribution in [2.24, 2.45) is 0 Å². The predicted octanol–water partition coefficient (Wildman–Crippen LogP) is 1.11. The first-order valence-corrected chi connectivity index (χ1v) is 7.90. The number of hydrogen-bond acceptors (Lipinski definition) is 6. The molecule has 0 unspecified atom stereocenters. The van der Waals surface area contributed by atoms with Crippen molar-refractivity contribution in [3.8, 4) is 0 Å². The van der Waals surface area contributed by atoms with Crippen LogP contribution in [-0.2, 0) is 14.8 Å². The van der Waals surface area contributed by atoms with Gasteiger partial charge in [0.2, 0.25) is 10.0 Å². The van der Waals surface area contributed by atoms with Crippen LogP contribution in [0.5, 0.6) is 0 Å². The van der Waals surface area contributed by atoms with Gasteiger partial charge < -0.3 is 5.11 Å². The fourth-order valence-corrected chi connectivity index (χ4v) is 4.38. The zero-order valence-corrected chi connectivity index (χ0v) is 12.1. The summed E-state index contributed by atoms with van der Waals surface area (Å²) in [5, 5.41) is 16.5. The fraction of sp³-hybridized carbons (Fsp3) is 0.364. The van der Waals surface area contributed by atoms with Crippen LogP contribution in [-0.4, -0.2) is 46.7 Å². The molecular weight excluding hydrogens is 322 g/mol. The van der Waals surface area contributed by atoms with Crippen molar-refractivity contribution in [3.63, 3.8) is 0 Å². The number of carboxylic acid groups (broad SMARTS) is 1. The first-order valence-electron chi connectivity index (χ1n) is 6.08. The highest BCUT2D eigenvalue weighted by Crippen LogP contribution is 2.32. The lowest BCUT2D eigenvalue weighted by molar-refractivity contribution is -0.140. The SMILES string of the molecule is O=C(O)[C@@H]1CCCN1S(=O)(=O)c1ccc(Cl)c2nonc12. The highest BCUT2D eigenvalue weighted by Gasteiger charge is 2.40. The Morgan fingerprint density at radius 1 is 1.38 bits per heavy atom. The monoisotopic (exact) mass is 331 g/mol. The first kappa shape index (κ1) is 14.2. The Morgan fingerprint density at radius 3 is 2.81 bits per heavy atom. The largest absolute Gasteiger partial charge is 0.480 e. The standard InChI is InChI=1S/C11H10ClN3O5S/c12-6-3-4-8(10-9(6)13-20-14-10)21(18,19)15-5-1-2-7(15)11(16)17/h3-4,7H,1-2,5H2,(H,16,17)/t7-/m0/s1. The molecular formula is C11H10ClN3O5S. The number of nitrogens with zero attached hydrogens (tertiary/aromatic N) is 3. The zero-order chi connectivity index (χ0) is 15.2. The number of carboxylic acids is 1. The van der Waals surface area contributed by atoms with Crippen molar-refractivity contribution in [1.82, 2.24) is 14.6 Å². The summed E-state index contributed by atoms with van der Waals surface area (Å²) in [4.78, 5) is 11.0. The van der Waals surface area contributed by atoms with Gasteiger partial charge in [-0.25, -0.2) is 13.0 Å². The molecule has 21 heavy (non-hydrogen) atoms. The van der Waals surface area contributed by atoms with Crippen molar-refractivity contribution >= 4 is 38.6 Å². The number of fused-ring (bicyclic) bond motifs is 1. The fourth-order valence-electron chi connectivity index (χ4n) is 2.42. The van der Waals surface area contributed by atoms with Crippen molar-refractivity contribution in [2.75, 3.05) is 6.54 Å². The molecule has 1 fully saturated rings. The molecule has 1 saturated heterocycles. The Morgan fingerprint density at radius 2 is 2.10 bits per heavy atom. The summed E-state index contributed by atoms with van der Waals surface area (Å²) in [6, 6.07) is 1.58. The van der Waals surface area contributed by atoms with Gasteiger partial charge >= 0.3 is 5.97 Å². The van der Waals surface area contributed by atoms with Gasteiger partial charge in [-0.05, 0) is 35.3 Å². The summed E-state index contributed by atoms with van der Waals surface area (Å²) < 4.78 is 30.9. The Balaban J connectivity index is 2.15. The minimum atomic E-state index is -4.01. The highest BCUT2D eigenvalue weighted by molar-refractivity contribution is 7.89. The van der Waals surface area contributed by atoms with Crippen LogP contribution in [0.3, 0.4) is 0 Å². The van der Waals surface area contributed by atoms with Crippen molar-refractivity contribution in [3.05, 3.63) is 17.2 Å². The van der Waals surface area contributed by atoms with Gasteiger partial charge in [-0.15, -0.1) is 0 Å². The minimum Gasteiger partial charge on any atom is -0.480 e. The van der Waals surface area contributed by atoms with Gasteiger partial charge in [0.25, 0.3) is 0 Å². The van der Waals surface area contributed by atoms with Crippen LogP contribution in [0.25, 0.3) is 11.0 Å². The lowest BCUT2D eigenvalue weighted by Crippen LogP contribution is -2.40. The molecule has 3 rings (SSSR count). The van der Waals surface area contributed by atoms with Crippen molar-refractivity contribution < 1.29 is 22.9 Å². The van der Waals surface area contributed by atoms with Crippen LogP contribution in [0.15, 0.2) is 21.7 Å². The second kappa shape index (κ2) is 4.93. The van der Waals surface area contributed by atoms with E-state index >= 15 is 0 Å². The molecule has 0 spiro atoms. The summed E-state index contributed by atoms with van der Waals surface area (Å²) >= 11 is 5.89. The molecule has 2 heterocycles. The number of aliphatic carboxylic acids is 1. The van der Waals surface area contributed by atoms with Crippen molar-refractivity contribution in [2.45, 2.75) is 23.8 Å². The normalized spacial score (nSPS) is 20.1. The third-order valence-electron chi connectivity index (χ3n) is 3.40. The quantitative estimate of drug-likeness (QED) is 0.896. The topological polar surface area (TPSA) is 114 Å². The second-order valence-electron chi connectivity index (χ2n) is 4.62. The zero-order valence-electron chi connectivity index (χ0n) is 10.6. The van der Waals surface area contributed by atoms with Gasteiger partial charge in [0.05, 0.1) is 5.02 Å². The van der Waals surface area contributed by atoms with Gasteiger partial charge in [0.15, 0.2) is 11.0 Å². The van der Waals surface area contributed by atoms with E-state index in [1.807, 2.05) is 0 Å². The maximum absolute atomic E-state index is 12.7. The summed E-state index contributed by atoms with van der Waals surface area (Å²) in [5.74, 6) is -1.17. The van der Waals surface area contributed by atoms with Gasteiger partial charge in [0, 0.05) is 6.54 Å². The third-order valence-corrected chi connectivity index (χ3v) is 5.65. The van der Waals surface area contributed by atoms with E-state index in [0.717, 1.165) is 4.31 Å². The lowest BCUT2D eigenvalue weighted by Gasteiger charge is -2.20. The molecule has 0 aliphatic carbocycles. The third kappa shape index (κ3) is 2.17. The molecule has 0 radical (unpaired) electrons. The Labute approximate surface area is 124 Å². The maximum Gasteiger partial charge on any atom is 0.322 e. The van der Waals surface area contributed by atoms with Crippen LogP contribution in [0.4, 0.5) is 0 Å². The number of benzene rings is 1. The van der Waals surface area contributed by atoms with Crippen molar-refractivity contribution in [1.29, 1.82) is 0 Å². The molecule has 1 atom stereocenters. The molecule has 1 aromatic carbocycles. The summed E-state index contributed by atoms with van der Waals surface area (Å²) in [5.41, 5.74) is 0.127. The predicted molar refractivity (Wildman–Crippen MR) is 71.4 cm³/mol. The Kier molecular flexibility index (Phi) is 3.34. The summed E-state index contributed by atoms with van der Waals surface area (Å²) in [7, 11) is -4.01. The molecule has 0 amide bonds. The minimum absolute atomic E-state index is 0.00135. The Bertz CT molecular complexity index is 818. The summed E-state index contributed by atoms with van der Waals surface area (Å²) in [6.45, 7) is 0.148. The van der Waals surface area contributed by atoms with E-state index < -0.39 is 22.0 Å². The van der Waals surface area contributed by atoms with Crippen LogP contribution >= 0.6 is 11.6 Å². The maximum atomic E-state index is 12.7. The molecule has 0 bridgehead atoms. The van der Waals surface area contributed by atoms with Crippen LogP contribution in [0.2, 0.25) is 5.02 Å². The molecule has 1 aliphatic heterocycles. The number of rotatable bonds is 3. The first-order chi connectivity index (χ1) is 9.93. The van der Waals surface area contributed by atoms with E-state index in [4.69, 9.17) is 16.7 Å². The summed E-state index contributed by atoms with van der Waals surface area (Å²) in [6.07, 6.45) is 0.770. The number of hydrogen-bond donors (Lipinski definition) is 1. The van der Waals surface area contributed by atoms with Crippen LogP contribution < -0.4 is 0 Å². The van der Waals surface area contributed by atoms with E-state index in [0.29, 0.717) is 6.42 Å². The van der Waals surface area contributed by atoms with Gasteiger partial charge in [-0.2, -0.15) is 4.31 Å². The van der Waals surface area contributed by atoms with Gasteiger partial charge in [0.1, 0.15) is 10.9 Å². The number of aromatic nitrogens is 2. The van der Waals surface area contributed by atoms with E-state index in [2.05, 4.69) is 14.9 Å². The number of carbonyl (C=O) groups is 1. The van der Waals surface area contributed by atoms with Gasteiger partial charge in [-0.1, -0.05) is 11.6 Å². The highest BCUT2D eigenvalue weighted by atomic mass is 35.5. The smallest absolute Gasteiger partial charge is 0.322 e. The Hall–Kier alpha value is -1.71. The molecule has 1 aliphatic rings. The van der Waals surface area contributed by atoms with E-state index in [-0.39, 0.29) is 33.9 Å². The number of sulfonamides is 1. The van der Waals surface area contributed by atoms with E-state index in [9.17, 15) is 13.2 Å². The molecule has 112 valence electrons. The molecule has 0 saturated carbocycles. The molecule has 1 aromatic heterocycles. The molecule has 10 heteroatoms. The average Bonchev–Trinajstić information content (AvgIpc) is 3.08. The second-order valence-corrected chi connectivity index (χ2v) is 6.89. The average molecular weight is 332 g/mol. The van der Waals surface area contributed by atoms with Crippen LogP contribution in [0, 0.1) is 0 Å².